The average molecular weight is 428 g/mol. The third-order valence-corrected chi connectivity index (χ3v) is 5.40. The minimum absolute atomic E-state index is 0.293. The zero-order valence-electron chi connectivity index (χ0n) is 17.3. The average Bonchev–Trinajstić information content (AvgIpc) is 3.05. The van der Waals surface area contributed by atoms with Crippen LogP contribution in [0.3, 0.4) is 0 Å². The van der Waals surface area contributed by atoms with E-state index >= 15 is 0 Å². The maximum absolute atomic E-state index is 11.9. The molecule has 158 valence electrons. The first-order chi connectivity index (χ1) is 14.5. The molecular formula is C21H25N5O3S. The summed E-state index contributed by atoms with van der Waals surface area (Å²) in [6.45, 7) is 7.81. The molecule has 1 saturated heterocycles. The van der Waals surface area contributed by atoms with Crippen molar-refractivity contribution in [3.63, 3.8) is 0 Å². The van der Waals surface area contributed by atoms with E-state index in [0.717, 1.165) is 37.9 Å². The van der Waals surface area contributed by atoms with Gasteiger partial charge in [-0.05, 0) is 43.1 Å². The van der Waals surface area contributed by atoms with Gasteiger partial charge in [0.2, 0.25) is 11.8 Å². The molecule has 1 aliphatic rings. The summed E-state index contributed by atoms with van der Waals surface area (Å²) in [5.41, 5.74) is 0.493. The van der Waals surface area contributed by atoms with Gasteiger partial charge >= 0.3 is 0 Å². The van der Waals surface area contributed by atoms with Crippen LogP contribution in [0, 0.1) is 0 Å². The van der Waals surface area contributed by atoms with E-state index in [-0.39, 0.29) is 0 Å². The van der Waals surface area contributed by atoms with Crippen molar-refractivity contribution < 1.29 is 14.3 Å². The van der Waals surface area contributed by atoms with Crippen molar-refractivity contribution in [3.8, 4) is 11.6 Å². The summed E-state index contributed by atoms with van der Waals surface area (Å²) in [4.78, 5) is 37.0. The molecule has 2 aromatic rings. The first kappa shape index (κ1) is 21.8. The molecule has 1 aromatic heterocycles. The fraction of sp³-hybridized carbons (Fsp3) is 0.333. The molecule has 8 nitrogen and oxygen atoms in total. The molecule has 0 radical (unpaired) electrons. The fourth-order valence-electron chi connectivity index (χ4n) is 2.82. The van der Waals surface area contributed by atoms with Crippen molar-refractivity contribution in [2.24, 2.45) is 0 Å². The molecular weight excluding hydrogens is 402 g/mol. The van der Waals surface area contributed by atoms with Gasteiger partial charge in [-0.15, -0.1) is 0 Å². The van der Waals surface area contributed by atoms with Crippen molar-refractivity contribution in [1.82, 2.24) is 20.2 Å². The Balaban J connectivity index is 1.88. The number of ether oxygens (including phenoxy) is 1. The number of benzene rings is 1. The number of carbonyl (C=O) groups excluding carboxylic acids is 2. The molecule has 30 heavy (non-hydrogen) atoms. The lowest BCUT2D eigenvalue weighted by Gasteiger charge is -2.23. The summed E-state index contributed by atoms with van der Waals surface area (Å²) >= 11 is 0.853. The Labute approximate surface area is 180 Å². The minimum Gasteiger partial charge on any atom is -0.439 e. The van der Waals surface area contributed by atoms with Crippen LogP contribution >= 0.6 is 11.8 Å². The van der Waals surface area contributed by atoms with Crippen LogP contribution in [0.1, 0.15) is 19.5 Å². The van der Waals surface area contributed by atoms with Crippen molar-refractivity contribution in [3.05, 3.63) is 47.0 Å². The third-order valence-electron chi connectivity index (χ3n) is 4.58. The smallest absolute Gasteiger partial charge is 0.290 e. The number of aromatic nitrogens is 2. The zero-order valence-corrected chi connectivity index (χ0v) is 18.1. The van der Waals surface area contributed by atoms with Crippen molar-refractivity contribution in [2.75, 3.05) is 38.1 Å². The number of rotatable bonds is 9. The highest BCUT2D eigenvalue weighted by Crippen LogP contribution is 2.27. The molecule has 2 heterocycles. The van der Waals surface area contributed by atoms with Crippen LogP contribution in [0.2, 0.25) is 0 Å². The minimum atomic E-state index is -0.425. The van der Waals surface area contributed by atoms with Gasteiger partial charge in [0.1, 0.15) is 5.75 Å². The van der Waals surface area contributed by atoms with Crippen LogP contribution in [-0.2, 0) is 4.79 Å². The predicted octanol–water partition coefficient (Wildman–Crippen LogP) is 3.37. The van der Waals surface area contributed by atoms with E-state index in [4.69, 9.17) is 4.74 Å². The fourth-order valence-corrected chi connectivity index (χ4v) is 3.49. The van der Waals surface area contributed by atoms with E-state index in [1.165, 1.54) is 0 Å². The predicted molar refractivity (Wildman–Crippen MR) is 119 cm³/mol. The highest BCUT2D eigenvalue weighted by molar-refractivity contribution is 8.18. The molecule has 0 unspecified atom stereocenters. The van der Waals surface area contributed by atoms with Gasteiger partial charge in [-0.3, -0.25) is 14.9 Å². The monoisotopic (exact) mass is 427 g/mol. The van der Waals surface area contributed by atoms with Crippen molar-refractivity contribution in [2.45, 2.75) is 13.8 Å². The molecule has 9 heteroatoms. The van der Waals surface area contributed by atoms with Crippen LogP contribution in [0.5, 0.6) is 11.6 Å². The second-order valence-corrected chi connectivity index (χ2v) is 7.66. The number of hydrogen-bond acceptors (Lipinski definition) is 8. The van der Waals surface area contributed by atoms with Crippen LogP contribution in [0.15, 0.2) is 41.3 Å². The van der Waals surface area contributed by atoms with E-state index in [2.05, 4.69) is 34.0 Å². The number of thioether (sulfide) groups is 1. The van der Waals surface area contributed by atoms with Gasteiger partial charge in [0.05, 0.1) is 10.6 Å². The molecule has 0 aliphatic carbocycles. The lowest BCUT2D eigenvalue weighted by atomic mass is 10.3. The maximum atomic E-state index is 11.9. The van der Waals surface area contributed by atoms with Gasteiger partial charge in [0.25, 0.3) is 11.1 Å². The van der Waals surface area contributed by atoms with Crippen LogP contribution in [0.4, 0.5) is 10.7 Å². The van der Waals surface area contributed by atoms with Gasteiger partial charge < -0.3 is 14.5 Å². The van der Waals surface area contributed by atoms with E-state index in [1.54, 1.807) is 12.1 Å². The highest BCUT2D eigenvalue weighted by atomic mass is 32.2. The van der Waals surface area contributed by atoms with E-state index < -0.39 is 11.1 Å². The molecule has 0 spiro atoms. The molecule has 3 rings (SSSR count). The molecule has 1 aliphatic heterocycles. The number of imide groups is 1. The molecule has 0 saturated carbocycles. The van der Waals surface area contributed by atoms with Crippen LogP contribution in [0.25, 0.3) is 6.08 Å². The summed E-state index contributed by atoms with van der Waals surface area (Å²) in [6.07, 6.45) is 1.58. The van der Waals surface area contributed by atoms with Gasteiger partial charge in [-0.25, -0.2) is 4.98 Å². The third kappa shape index (κ3) is 5.80. The number of nitrogens with zero attached hydrogens (tertiary/aromatic N) is 4. The second-order valence-electron chi connectivity index (χ2n) is 6.65. The van der Waals surface area contributed by atoms with Gasteiger partial charge in [0, 0.05) is 26.2 Å². The highest BCUT2D eigenvalue weighted by Gasteiger charge is 2.25. The SMILES string of the molecule is CCN(CC)CCN(C)c1nc(/C=C2\SC(=O)NC2=O)cc(Oc2ccccc2)n1. The summed E-state index contributed by atoms with van der Waals surface area (Å²) in [7, 11) is 1.92. The molecule has 1 aromatic carbocycles. The Kier molecular flexibility index (Phi) is 7.42. The van der Waals surface area contributed by atoms with Crippen LogP contribution < -0.4 is 15.0 Å². The quantitative estimate of drug-likeness (QED) is 0.610. The van der Waals surface area contributed by atoms with Gasteiger partial charge in [0.15, 0.2) is 0 Å². The summed E-state index contributed by atoms with van der Waals surface area (Å²) in [6, 6.07) is 11.0. The lowest BCUT2D eigenvalue weighted by Crippen LogP contribution is -2.33. The Morgan fingerprint density at radius 3 is 2.47 bits per heavy atom. The summed E-state index contributed by atoms with van der Waals surface area (Å²) in [5, 5.41) is 1.86. The number of hydrogen-bond donors (Lipinski definition) is 1. The van der Waals surface area contributed by atoms with Crippen molar-refractivity contribution >= 4 is 34.9 Å². The Morgan fingerprint density at radius 1 is 1.10 bits per heavy atom. The van der Waals surface area contributed by atoms with E-state index in [0.29, 0.717) is 28.2 Å². The zero-order chi connectivity index (χ0) is 21.5. The topological polar surface area (TPSA) is 87.7 Å². The lowest BCUT2D eigenvalue weighted by molar-refractivity contribution is -0.115. The first-order valence-corrected chi connectivity index (χ1v) is 10.6. The van der Waals surface area contributed by atoms with E-state index in [9.17, 15) is 9.59 Å². The molecule has 2 amide bonds. The van der Waals surface area contributed by atoms with Crippen LogP contribution in [-0.4, -0.2) is 59.2 Å². The Hall–Kier alpha value is -2.91. The summed E-state index contributed by atoms with van der Waals surface area (Å²) < 4.78 is 5.90. The number of likely N-dealkylation sites (N-methyl/N-ethyl adjacent to an activating group) is 2. The van der Waals surface area contributed by atoms with E-state index in [1.807, 2.05) is 42.3 Å². The number of amides is 2. The summed E-state index contributed by atoms with van der Waals surface area (Å²) in [5.74, 6) is 1.07. The standard InChI is InChI=1S/C21H25N5O3S/c1-4-26(5-2)12-11-25(3)20-22-15(13-17-19(27)24-21(28)30-17)14-18(23-20)29-16-9-7-6-8-10-16/h6-10,13-14H,4-5,11-12H2,1-3H3,(H,24,27,28)/b17-13-. The Morgan fingerprint density at radius 2 is 1.83 bits per heavy atom. The molecule has 0 atom stereocenters. The second kappa shape index (κ2) is 10.2. The normalized spacial score (nSPS) is 15.0. The molecule has 1 N–H and O–H groups in total. The molecule has 1 fully saturated rings. The largest absolute Gasteiger partial charge is 0.439 e. The maximum Gasteiger partial charge on any atom is 0.290 e. The number of carbonyl (C=O) groups is 2. The number of nitrogens with one attached hydrogen (secondary N) is 1. The van der Waals surface area contributed by atoms with Gasteiger partial charge in [-0.1, -0.05) is 32.0 Å². The number of para-hydroxylation sites is 1. The molecule has 0 bridgehead atoms. The first-order valence-electron chi connectivity index (χ1n) is 9.78. The van der Waals surface area contributed by atoms with Crippen molar-refractivity contribution in [1.29, 1.82) is 0 Å². The number of anilines is 1. The van der Waals surface area contributed by atoms with Gasteiger partial charge in [-0.2, -0.15) is 4.98 Å². The Bertz CT molecular complexity index is 931.